The summed E-state index contributed by atoms with van der Waals surface area (Å²) < 4.78 is 54.1. The van der Waals surface area contributed by atoms with Crippen molar-refractivity contribution in [3.63, 3.8) is 0 Å². The number of nitrogens with one attached hydrogen (secondary N) is 1. The second kappa shape index (κ2) is 6.93. The normalized spacial score (nSPS) is 14.9. The Labute approximate surface area is 150 Å². The number of benzene rings is 2. The Balaban J connectivity index is 1.33. The number of ether oxygens (including phenoxy) is 5. The lowest BCUT2D eigenvalue weighted by Gasteiger charge is -2.19. The Morgan fingerprint density at radius 1 is 0.885 bits per heavy atom. The molecule has 0 spiro atoms. The van der Waals surface area contributed by atoms with Gasteiger partial charge in [0.05, 0.1) is 4.90 Å². The second-order valence-corrected chi connectivity index (χ2v) is 7.33. The Bertz CT molecular complexity index is 913. The van der Waals surface area contributed by atoms with E-state index in [0.29, 0.717) is 42.0 Å². The van der Waals surface area contributed by atoms with Crippen LogP contribution in [0.3, 0.4) is 0 Å². The van der Waals surface area contributed by atoms with E-state index in [2.05, 4.69) is 4.72 Å². The van der Waals surface area contributed by atoms with Gasteiger partial charge in [0, 0.05) is 18.7 Å². The summed E-state index contributed by atoms with van der Waals surface area (Å²) >= 11 is 0. The van der Waals surface area contributed by atoms with E-state index in [1.54, 1.807) is 24.3 Å². The van der Waals surface area contributed by atoms with Crippen molar-refractivity contribution in [3.8, 4) is 28.7 Å². The van der Waals surface area contributed by atoms with Gasteiger partial charge in [-0.15, -0.1) is 0 Å². The van der Waals surface area contributed by atoms with E-state index in [4.69, 9.17) is 23.7 Å². The Kier molecular flexibility index (Phi) is 4.48. The smallest absolute Gasteiger partial charge is 0.240 e. The zero-order chi connectivity index (χ0) is 18.0. The van der Waals surface area contributed by atoms with Gasteiger partial charge >= 0.3 is 0 Å². The van der Waals surface area contributed by atoms with Crippen LogP contribution in [-0.4, -0.2) is 41.6 Å². The van der Waals surface area contributed by atoms with Gasteiger partial charge in [0.15, 0.2) is 23.0 Å². The molecule has 2 heterocycles. The molecule has 8 nitrogen and oxygen atoms in total. The minimum absolute atomic E-state index is 0.116. The van der Waals surface area contributed by atoms with Crippen molar-refractivity contribution < 1.29 is 32.1 Å². The van der Waals surface area contributed by atoms with E-state index in [1.807, 2.05) is 0 Å². The molecule has 2 aliphatic rings. The lowest BCUT2D eigenvalue weighted by molar-refractivity contribution is 0.171. The number of hydrogen-bond acceptors (Lipinski definition) is 7. The first-order valence-electron chi connectivity index (χ1n) is 8.04. The van der Waals surface area contributed by atoms with Crippen LogP contribution in [0, 0.1) is 0 Å². The largest absolute Gasteiger partial charge is 0.492 e. The van der Waals surface area contributed by atoms with Gasteiger partial charge in [-0.05, 0) is 24.3 Å². The van der Waals surface area contributed by atoms with Crippen molar-refractivity contribution in [2.24, 2.45) is 0 Å². The molecule has 4 rings (SSSR count). The lowest BCUT2D eigenvalue weighted by atomic mass is 10.3. The summed E-state index contributed by atoms with van der Waals surface area (Å²) in [7, 11) is -3.67. The van der Waals surface area contributed by atoms with Gasteiger partial charge in [-0.1, -0.05) is 0 Å². The summed E-state index contributed by atoms with van der Waals surface area (Å²) in [5.41, 5.74) is 0. The van der Waals surface area contributed by atoms with E-state index >= 15 is 0 Å². The summed E-state index contributed by atoms with van der Waals surface area (Å²) in [4.78, 5) is 0.116. The highest BCUT2D eigenvalue weighted by Crippen LogP contribution is 2.35. The fraction of sp³-hybridized carbons (Fsp3) is 0.294. The molecule has 0 aliphatic carbocycles. The molecular formula is C17H17NO7S. The molecule has 2 aromatic carbocycles. The van der Waals surface area contributed by atoms with Gasteiger partial charge in [0.2, 0.25) is 16.8 Å². The fourth-order valence-electron chi connectivity index (χ4n) is 2.59. The molecule has 0 radical (unpaired) electrons. The van der Waals surface area contributed by atoms with Crippen LogP contribution in [0.25, 0.3) is 0 Å². The Morgan fingerprint density at radius 2 is 1.58 bits per heavy atom. The maximum absolute atomic E-state index is 12.4. The molecule has 0 unspecified atom stereocenters. The molecule has 2 aromatic rings. The number of rotatable bonds is 6. The van der Waals surface area contributed by atoms with Crippen LogP contribution in [0.5, 0.6) is 28.7 Å². The van der Waals surface area contributed by atoms with Gasteiger partial charge in [-0.3, -0.25) is 0 Å². The molecule has 2 aliphatic heterocycles. The Morgan fingerprint density at radius 3 is 2.46 bits per heavy atom. The minimum atomic E-state index is -3.67. The van der Waals surface area contributed by atoms with Crippen LogP contribution in [0.15, 0.2) is 41.3 Å². The number of fused-ring (bicyclic) bond motifs is 2. The highest BCUT2D eigenvalue weighted by molar-refractivity contribution is 7.89. The summed E-state index contributed by atoms with van der Waals surface area (Å²) in [6.45, 7) is 1.32. The van der Waals surface area contributed by atoms with E-state index in [1.165, 1.54) is 12.1 Å². The predicted molar refractivity (Wildman–Crippen MR) is 90.7 cm³/mol. The van der Waals surface area contributed by atoms with E-state index in [0.717, 1.165) is 0 Å². The molecular weight excluding hydrogens is 362 g/mol. The zero-order valence-corrected chi connectivity index (χ0v) is 14.6. The first-order valence-corrected chi connectivity index (χ1v) is 9.52. The van der Waals surface area contributed by atoms with Crippen LogP contribution >= 0.6 is 0 Å². The average molecular weight is 379 g/mol. The third kappa shape index (κ3) is 3.49. The summed E-state index contributed by atoms with van der Waals surface area (Å²) in [6.07, 6.45) is 0. The van der Waals surface area contributed by atoms with Crippen LogP contribution in [-0.2, 0) is 10.0 Å². The zero-order valence-electron chi connectivity index (χ0n) is 13.8. The van der Waals surface area contributed by atoms with Crippen LogP contribution < -0.4 is 28.4 Å². The van der Waals surface area contributed by atoms with E-state index in [-0.39, 0.29) is 24.8 Å². The molecule has 26 heavy (non-hydrogen) atoms. The van der Waals surface area contributed by atoms with Crippen molar-refractivity contribution in [1.82, 2.24) is 4.72 Å². The van der Waals surface area contributed by atoms with Gasteiger partial charge in [-0.2, -0.15) is 0 Å². The molecule has 0 amide bonds. The van der Waals surface area contributed by atoms with Crippen molar-refractivity contribution in [1.29, 1.82) is 0 Å². The first kappa shape index (κ1) is 16.8. The van der Waals surface area contributed by atoms with Crippen molar-refractivity contribution >= 4 is 10.0 Å². The van der Waals surface area contributed by atoms with Crippen molar-refractivity contribution in [2.75, 3.05) is 33.2 Å². The Hall–Kier alpha value is -2.65. The van der Waals surface area contributed by atoms with Crippen LogP contribution in [0.4, 0.5) is 0 Å². The minimum Gasteiger partial charge on any atom is -0.492 e. The van der Waals surface area contributed by atoms with Gasteiger partial charge in [0.1, 0.15) is 25.6 Å². The third-order valence-corrected chi connectivity index (χ3v) is 5.29. The standard InChI is InChI=1S/C17H17NO7S/c19-26(20,13-2-4-14-17(10-13)23-8-7-22-14)18-5-6-21-12-1-3-15-16(9-12)25-11-24-15/h1-4,9-10,18H,5-8,11H2. The van der Waals surface area contributed by atoms with Crippen LogP contribution in [0.2, 0.25) is 0 Å². The maximum atomic E-state index is 12.4. The predicted octanol–water partition coefficient (Wildman–Crippen LogP) is 1.54. The highest BCUT2D eigenvalue weighted by atomic mass is 32.2. The number of hydrogen-bond donors (Lipinski definition) is 1. The average Bonchev–Trinajstić information content (AvgIpc) is 3.13. The monoisotopic (exact) mass is 379 g/mol. The van der Waals surface area contributed by atoms with E-state index in [9.17, 15) is 8.42 Å². The molecule has 0 saturated heterocycles. The molecule has 0 bridgehead atoms. The molecule has 0 saturated carbocycles. The number of sulfonamides is 1. The van der Waals surface area contributed by atoms with Crippen molar-refractivity contribution in [2.45, 2.75) is 4.90 Å². The first-order chi connectivity index (χ1) is 12.6. The summed E-state index contributed by atoms with van der Waals surface area (Å²) in [5.74, 6) is 2.82. The molecule has 0 aromatic heterocycles. The SMILES string of the molecule is O=S(=O)(NCCOc1ccc2c(c1)OCO2)c1ccc2c(c1)OCCO2. The summed E-state index contributed by atoms with van der Waals surface area (Å²) in [5, 5.41) is 0. The lowest BCUT2D eigenvalue weighted by Crippen LogP contribution is -2.28. The van der Waals surface area contributed by atoms with Crippen LogP contribution in [0.1, 0.15) is 0 Å². The van der Waals surface area contributed by atoms with E-state index < -0.39 is 10.0 Å². The highest BCUT2D eigenvalue weighted by Gasteiger charge is 2.19. The van der Waals surface area contributed by atoms with Crippen molar-refractivity contribution in [3.05, 3.63) is 36.4 Å². The van der Waals surface area contributed by atoms with Gasteiger partial charge in [0.25, 0.3) is 0 Å². The third-order valence-electron chi connectivity index (χ3n) is 3.83. The molecule has 1 N–H and O–H groups in total. The fourth-order valence-corrected chi connectivity index (χ4v) is 3.61. The van der Waals surface area contributed by atoms with Gasteiger partial charge in [-0.25, -0.2) is 13.1 Å². The maximum Gasteiger partial charge on any atom is 0.240 e. The van der Waals surface area contributed by atoms with Gasteiger partial charge < -0.3 is 23.7 Å². The molecule has 0 fully saturated rings. The quantitative estimate of drug-likeness (QED) is 0.761. The molecule has 9 heteroatoms. The topological polar surface area (TPSA) is 92.3 Å². The molecule has 0 atom stereocenters. The molecule has 138 valence electrons. The second-order valence-electron chi connectivity index (χ2n) is 5.57. The summed E-state index contributed by atoms with van der Waals surface area (Å²) in [6, 6.07) is 9.72.